The van der Waals surface area contributed by atoms with E-state index in [4.69, 9.17) is 4.74 Å². The van der Waals surface area contributed by atoms with Crippen LogP contribution in [0.5, 0.6) is 0 Å². The van der Waals surface area contributed by atoms with Crippen LogP contribution in [-0.2, 0) is 19.1 Å². The van der Waals surface area contributed by atoms with Crippen molar-refractivity contribution in [3.8, 4) is 0 Å². The highest BCUT2D eigenvalue weighted by molar-refractivity contribution is 6.03. The summed E-state index contributed by atoms with van der Waals surface area (Å²) in [6.07, 6.45) is 13.9. The number of hydrogen-bond donors (Lipinski definition) is 0. The first-order valence-electron chi connectivity index (χ1n) is 12.3. The molecule has 3 rings (SSSR count). The Kier molecular flexibility index (Phi) is 7.31. The van der Waals surface area contributed by atoms with Gasteiger partial charge in [-0.1, -0.05) is 52.8 Å². The van der Waals surface area contributed by atoms with Gasteiger partial charge in [0.2, 0.25) is 0 Å². The van der Waals surface area contributed by atoms with Crippen LogP contribution in [0.3, 0.4) is 0 Å². The molecule has 0 saturated heterocycles. The number of ether oxygens (including phenoxy) is 1. The lowest BCUT2D eigenvalue weighted by atomic mass is 9.61. The van der Waals surface area contributed by atoms with Gasteiger partial charge in [-0.15, -0.1) is 0 Å². The fourth-order valence-electron chi connectivity index (χ4n) is 5.94. The zero-order valence-electron chi connectivity index (χ0n) is 20.6. The summed E-state index contributed by atoms with van der Waals surface area (Å²) in [5.41, 5.74) is -0.521. The average Bonchev–Trinajstić information content (AvgIpc) is 3.08. The van der Waals surface area contributed by atoms with E-state index in [1.807, 2.05) is 6.08 Å². The summed E-state index contributed by atoms with van der Waals surface area (Å²) in [4.78, 5) is 37.9. The van der Waals surface area contributed by atoms with Gasteiger partial charge in [-0.25, -0.2) is 4.79 Å². The fraction of sp³-hybridized carbons (Fsp3) is 0.679. The summed E-state index contributed by atoms with van der Waals surface area (Å²) >= 11 is 0. The third kappa shape index (κ3) is 4.84. The molecular weight excluding hydrogens is 400 g/mol. The number of hydrogen-bond acceptors (Lipinski definition) is 4. The smallest absolute Gasteiger partial charge is 0.332 e. The van der Waals surface area contributed by atoms with E-state index in [0.29, 0.717) is 48.5 Å². The summed E-state index contributed by atoms with van der Waals surface area (Å²) < 4.78 is 5.61. The van der Waals surface area contributed by atoms with Crippen LogP contribution in [0.2, 0.25) is 0 Å². The van der Waals surface area contributed by atoms with Gasteiger partial charge in [-0.3, -0.25) is 9.59 Å². The molecule has 0 N–H and O–H groups in total. The molecule has 4 heteroatoms. The van der Waals surface area contributed by atoms with E-state index >= 15 is 0 Å². The van der Waals surface area contributed by atoms with Crippen LogP contribution in [0.15, 0.2) is 36.0 Å². The summed E-state index contributed by atoms with van der Waals surface area (Å²) in [6.45, 7) is 13.0. The number of carbonyl (C=O) groups excluding carboxylic acids is 3. The molecule has 2 saturated carbocycles. The predicted octanol–water partition coefficient (Wildman–Crippen LogP) is 6.01. The van der Waals surface area contributed by atoms with Gasteiger partial charge in [0.1, 0.15) is 0 Å². The minimum absolute atomic E-state index is 0.00184. The Labute approximate surface area is 193 Å². The second kappa shape index (κ2) is 9.49. The van der Waals surface area contributed by atoms with Crippen LogP contribution in [0, 0.1) is 35.0 Å². The van der Waals surface area contributed by atoms with Gasteiger partial charge in [0.25, 0.3) is 0 Å². The number of allylic oxidation sites excluding steroid dienone is 4. The first-order valence-corrected chi connectivity index (χ1v) is 12.3. The van der Waals surface area contributed by atoms with Crippen LogP contribution in [0.25, 0.3) is 0 Å². The Morgan fingerprint density at radius 3 is 2.47 bits per heavy atom. The SMILES string of the molecule is CC(C)C(C)/C=C/[C@H](C)C1CCC2/C(=C/C(=O)OC3(C)CCC=CC3=O)C(=O)CC[C@@]21C. The maximum atomic E-state index is 12.8. The number of rotatable bonds is 6. The van der Waals surface area contributed by atoms with Gasteiger partial charge < -0.3 is 4.74 Å². The van der Waals surface area contributed by atoms with Crippen molar-refractivity contribution in [2.45, 2.75) is 85.7 Å². The van der Waals surface area contributed by atoms with Crippen molar-refractivity contribution in [1.82, 2.24) is 0 Å². The van der Waals surface area contributed by atoms with Crippen LogP contribution >= 0.6 is 0 Å². The number of ketones is 2. The Balaban J connectivity index is 1.78. The molecular formula is C28H40O4. The molecule has 4 unspecified atom stereocenters. The number of fused-ring (bicyclic) bond motifs is 1. The van der Waals surface area contributed by atoms with Gasteiger partial charge in [-0.05, 0) is 80.1 Å². The van der Waals surface area contributed by atoms with E-state index in [2.05, 4.69) is 46.8 Å². The standard InChI is InChI=1S/C28H40O4/c1-18(2)19(3)10-11-20(4)22-12-13-23-21(24(29)14-16-27(22,23)5)17-26(31)32-28(6)15-8-7-9-25(28)30/h7,9-11,17-20,22-23H,8,12-16H2,1-6H3/b11-10+,21-17-/t19?,20-,22?,23?,27+,28?/m0/s1. The lowest BCUT2D eigenvalue weighted by molar-refractivity contribution is -0.160. The molecule has 0 aromatic heterocycles. The number of esters is 1. The minimum Gasteiger partial charge on any atom is -0.448 e. The molecule has 0 heterocycles. The van der Waals surface area contributed by atoms with Crippen LogP contribution in [0.1, 0.15) is 80.1 Å². The highest BCUT2D eigenvalue weighted by Crippen LogP contribution is 2.58. The number of Topliss-reactive ketones (excluding diaryl/α,β-unsaturated/α-hetero) is 1. The van der Waals surface area contributed by atoms with E-state index in [1.165, 1.54) is 12.2 Å². The quantitative estimate of drug-likeness (QED) is 0.288. The van der Waals surface area contributed by atoms with E-state index in [1.54, 1.807) is 6.92 Å². The van der Waals surface area contributed by atoms with Crippen molar-refractivity contribution in [3.05, 3.63) is 36.0 Å². The van der Waals surface area contributed by atoms with Gasteiger partial charge in [-0.2, -0.15) is 0 Å². The molecule has 0 aliphatic heterocycles. The topological polar surface area (TPSA) is 60.4 Å². The summed E-state index contributed by atoms with van der Waals surface area (Å²) in [5.74, 6) is 1.46. The molecule has 0 radical (unpaired) electrons. The highest BCUT2D eigenvalue weighted by Gasteiger charge is 2.52. The maximum absolute atomic E-state index is 12.8. The average molecular weight is 441 g/mol. The molecule has 0 bridgehead atoms. The third-order valence-corrected chi connectivity index (χ3v) is 8.58. The van der Waals surface area contributed by atoms with E-state index in [-0.39, 0.29) is 22.9 Å². The minimum atomic E-state index is -1.13. The van der Waals surface area contributed by atoms with Crippen molar-refractivity contribution in [2.24, 2.45) is 35.0 Å². The van der Waals surface area contributed by atoms with Crippen molar-refractivity contribution in [1.29, 1.82) is 0 Å². The van der Waals surface area contributed by atoms with Crippen molar-refractivity contribution in [2.75, 3.05) is 0 Å². The summed E-state index contributed by atoms with van der Waals surface area (Å²) in [7, 11) is 0. The molecule has 0 aromatic carbocycles. The second-order valence-corrected chi connectivity index (χ2v) is 11.1. The zero-order valence-corrected chi connectivity index (χ0v) is 20.6. The molecule has 32 heavy (non-hydrogen) atoms. The van der Waals surface area contributed by atoms with Gasteiger partial charge in [0, 0.05) is 18.1 Å². The normalized spacial score (nSPS) is 36.0. The molecule has 6 atom stereocenters. The Bertz CT molecular complexity index is 847. The van der Waals surface area contributed by atoms with E-state index in [9.17, 15) is 14.4 Å². The Hall–Kier alpha value is -1.97. The van der Waals surface area contributed by atoms with Crippen molar-refractivity contribution >= 4 is 17.5 Å². The lowest BCUT2D eigenvalue weighted by Gasteiger charge is -2.43. The first-order chi connectivity index (χ1) is 15.0. The third-order valence-electron chi connectivity index (χ3n) is 8.58. The molecule has 3 aliphatic carbocycles. The molecule has 2 fully saturated rings. The van der Waals surface area contributed by atoms with Crippen LogP contribution in [-0.4, -0.2) is 23.1 Å². The molecule has 4 nitrogen and oxygen atoms in total. The first kappa shape index (κ1) is 24.7. The van der Waals surface area contributed by atoms with Crippen LogP contribution < -0.4 is 0 Å². The monoisotopic (exact) mass is 440 g/mol. The van der Waals surface area contributed by atoms with Crippen LogP contribution in [0.4, 0.5) is 0 Å². The van der Waals surface area contributed by atoms with E-state index < -0.39 is 11.6 Å². The van der Waals surface area contributed by atoms with Gasteiger partial charge in [0.15, 0.2) is 17.2 Å². The molecule has 0 spiro atoms. The second-order valence-electron chi connectivity index (χ2n) is 11.1. The molecule has 0 amide bonds. The lowest BCUT2D eigenvalue weighted by Crippen LogP contribution is -2.41. The fourth-order valence-corrected chi connectivity index (χ4v) is 5.94. The summed E-state index contributed by atoms with van der Waals surface area (Å²) in [6, 6.07) is 0. The number of carbonyl (C=O) groups is 3. The molecule has 176 valence electrons. The van der Waals surface area contributed by atoms with E-state index in [0.717, 1.165) is 19.3 Å². The maximum Gasteiger partial charge on any atom is 0.332 e. The summed E-state index contributed by atoms with van der Waals surface area (Å²) in [5, 5.41) is 0. The molecule has 0 aromatic rings. The van der Waals surface area contributed by atoms with Gasteiger partial charge in [0.05, 0.1) is 0 Å². The Morgan fingerprint density at radius 2 is 1.81 bits per heavy atom. The van der Waals surface area contributed by atoms with Gasteiger partial charge >= 0.3 is 5.97 Å². The zero-order chi connectivity index (χ0) is 23.7. The predicted molar refractivity (Wildman–Crippen MR) is 127 cm³/mol. The Morgan fingerprint density at radius 1 is 1.09 bits per heavy atom. The largest absolute Gasteiger partial charge is 0.448 e. The van der Waals surface area contributed by atoms with Crippen molar-refractivity contribution in [3.63, 3.8) is 0 Å². The highest BCUT2D eigenvalue weighted by atomic mass is 16.6. The van der Waals surface area contributed by atoms with Crippen molar-refractivity contribution < 1.29 is 19.1 Å². The molecule has 3 aliphatic rings.